The Morgan fingerprint density at radius 2 is 1.32 bits per heavy atom. The van der Waals surface area contributed by atoms with Crippen molar-refractivity contribution in [2.75, 3.05) is 60.0 Å². The molecule has 116 valence electrons. The fraction of sp³-hybridized carbons (Fsp3) is 1.00. The number of hydrogen-bond acceptors (Lipinski definition) is 6. The molecular formula is C12H32N4O2Si. The lowest BCUT2D eigenvalue weighted by molar-refractivity contribution is 0.248. The highest BCUT2D eigenvalue weighted by atomic mass is 28.4. The number of rotatable bonds is 14. The average molecular weight is 292 g/mol. The van der Waals surface area contributed by atoms with Crippen LogP contribution in [0.5, 0.6) is 0 Å². The molecule has 0 radical (unpaired) electrons. The van der Waals surface area contributed by atoms with Crippen LogP contribution in [0.15, 0.2) is 0 Å². The first-order chi connectivity index (χ1) is 9.18. The lowest BCUT2D eigenvalue weighted by Crippen LogP contribution is -2.37. The van der Waals surface area contributed by atoms with Gasteiger partial charge >= 0.3 is 8.56 Å². The van der Waals surface area contributed by atoms with Crippen LogP contribution in [0.2, 0.25) is 12.6 Å². The van der Waals surface area contributed by atoms with Crippen molar-refractivity contribution in [3.05, 3.63) is 0 Å². The van der Waals surface area contributed by atoms with Crippen molar-refractivity contribution in [1.82, 2.24) is 16.0 Å². The standard InChI is InChI=1S/C12H32N4O2Si/c1-17-19(3,18-2)12-4-6-14-8-10-16-11-9-15-7-5-13/h14-16H,4-13H2,1-3H3. The maximum Gasteiger partial charge on any atom is 0.334 e. The summed E-state index contributed by atoms with van der Waals surface area (Å²) < 4.78 is 10.9. The van der Waals surface area contributed by atoms with Crippen molar-refractivity contribution in [3.8, 4) is 0 Å². The summed E-state index contributed by atoms with van der Waals surface area (Å²) in [4.78, 5) is 0. The fourth-order valence-corrected chi connectivity index (χ4v) is 3.05. The number of nitrogens with one attached hydrogen (secondary N) is 3. The Hall–Kier alpha value is -0.0231. The molecule has 6 nitrogen and oxygen atoms in total. The van der Waals surface area contributed by atoms with Gasteiger partial charge in [-0.2, -0.15) is 0 Å². The van der Waals surface area contributed by atoms with Gasteiger partial charge in [0, 0.05) is 53.5 Å². The van der Waals surface area contributed by atoms with E-state index in [1.807, 2.05) is 0 Å². The molecule has 0 aromatic heterocycles. The Morgan fingerprint density at radius 3 is 1.79 bits per heavy atom. The predicted molar refractivity (Wildman–Crippen MR) is 82.7 cm³/mol. The third-order valence-electron chi connectivity index (χ3n) is 3.13. The molecule has 0 unspecified atom stereocenters. The van der Waals surface area contributed by atoms with Crippen LogP contribution >= 0.6 is 0 Å². The van der Waals surface area contributed by atoms with Gasteiger partial charge in [0.1, 0.15) is 0 Å². The zero-order valence-corrected chi connectivity index (χ0v) is 13.8. The monoisotopic (exact) mass is 292 g/mol. The minimum Gasteiger partial charge on any atom is -0.398 e. The molecule has 5 N–H and O–H groups in total. The van der Waals surface area contributed by atoms with Crippen molar-refractivity contribution in [2.24, 2.45) is 5.73 Å². The van der Waals surface area contributed by atoms with Crippen LogP contribution in [0.25, 0.3) is 0 Å². The quantitative estimate of drug-likeness (QED) is 0.255. The molecule has 0 aliphatic carbocycles. The molecule has 0 amide bonds. The predicted octanol–water partition coefficient (Wildman–Crippen LogP) is -0.531. The maximum atomic E-state index is 5.44. The first-order valence-corrected chi connectivity index (χ1v) is 9.63. The van der Waals surface area contributed by atoms with E-state index in [0.29, 0.717) is 6.54 Å². The SMILES string of the molecule is CO[Si](C)(CCCNCCNCCNCCN)OC. The van der Waals surface area contributed by atoms with Crippen molar-refractivity contribution in [2.45, 2.75) is 19.0 Å². The summed E-state index contributed by atoms with van der Waals surface area (Å²) >= 11 is 0. The van der Waals surface area contributed by atoms with Crippen molar-refractivity contribution >= 4 is 8.56 Å². The molecule has 0 heterocycles. The van der Waals surface area contributed by atoms with Gasteiger partial charge in [0.25, 0.3) is 0 Å². The maximum absolute atomic E-state index is 5.44. The lowest BCUT2D eigenvalue weighted by Gasteiger charge is -2.22. The molecular weight excluding hydrogens is 260 g/mol. The Kier molecular flexibility index (Phi) is 13.0. The second-order valence-electron chi connectivity index (χ2n) is 4.68. The van der Waals surface area contributed by atoms with Crippen LogP contribution in [0, 0.1) is 0 Å². The van der Waals surface area contributed by atoms with E-state index in [0.717, 1.165) is 51.7 Å². The highest BCUT2D eigenvalue weighted by Gasteiger charge is 2.27. The Labute approximate surface area is 119 Å². The molecule has 19 heavy (non-hydrogen) atoms. The van der Waals surface area contributed by atoms with Gasteiger partial charge < -0.3 is 30.5 Å². The first kappa shape index (κ1) is 19.0. The second-order valence-corrected chi connectivity index (χ2v) is 8.27. The third kappa shape index (κ3) is 11.5. The second kappa shape index (κ2) is 13.0. The van der Waals surface area contributed by atoms with Crippen LogP contribution in [0.3, 0.4) is 0 Å². The van der Waals surface area contributed by atoms with Gasteiger partial charge in [-0.25, -0.2) is 0 Å². The molecule has 0 aromatic carbocycles. The Morgan fingerprint density at radius 1 is 0.842 bits per heavy atom. The van der Waals surface area contributed by atoms with E-state index >= 15 is 0 Å². The molecule has 0 spiro atoms. The Balaban J connectivity index is 3.19. The summed E-state index contributed by atoms with van der Waals surface area (Å²) in [5.41, 5.74) is 5.38. The lowest BCUT2D eigenvalue weighted by atomic mass is 10.4. The fourth-order valence-electron chi connectivity index (χ4n) is 1.65. The molecule has 0 aromatic rings. The number of nitrogens with two attached hydrogens (primary N) is 1. The third-order valence-corrected chi connectivity index (χ3v) is 6.12. The van der Waals surface area contributed by atoms with Gasteiger partial charge in [-0.05, 0) is 25.6 Å². The summed E-state index contributed by atoms with van der Waals surface area (Å²) in [6.07, 6.45) is 1.10. The van der Waals surface area contributed by atoms with Gasteiger partial charge in [-0.15, -0.1) is 0 Å². The molecule has 7 heteroatoms. The van der Waals surface area contributed by atoms with Crippen LogP contribution in [-0.4, -0.2) is 68.6 Å². The van der Waals surface area contributed by atoms with Crippen LogP contribution in [0.1, 0.15) is 6.42 Å². The number of hydrogen-bond donors (Lipinski definition) is 4. The van der Waals surface area contributed by atoms with E-state index in [1.54, 1.807) is 14.2 Å². The molecule has 0 fully saturated rings. The van der Waals surface area contributed by atoms with Gasteiger partial charge in [-0.1, -0.05) is 0 Å². The van der Waals surface area contributed by atoms with Gasteiger partial charge in [0.05, 0.1) is 0 Å². The highest BCUT2D eigenvalue weighted by molar-refractivity contribution is 6.65. The molecule has 0 saturated heterocycles. The van der Waals surface area contributed by atoms with E-state index in [-0.39, 0.29) is 0 Å². The van der Waals surface area contributed by atoms with Gasteiger partial charge in [-0.3, -0.25) is 0 Å². The average Bonchev–Trinajstić information content (AvgIpc) is 2.44. The molecule has 0 rings (SSSR count). The smallest absolute Gasteiger partial charge is 0.334 e. The van der Waals surface area contributed by atoms with Crippen molar-refractivity contribution in [3.63, 3.8) is 0 Å². The molecule has 0 aliphatic heterocycles. The van der Waals surface area contributed by atoms with Gasteiger partial charge in [0.2, 0.25) is 0 Å². The zero-order valence-electron chi connectivity index (χ0n) is 12.8. The first-order valence-electron chi connectivity index (χ1n) is 7.11. The summed E-state index contributed by atoms with van der Waals surface area (Å²) in [5.74, 6) is 0. The van der Waals surface area contributed by atoms with Crippen LogP contribution < -0.4 is 21.7 Å². The topological polar surface area (TPSA) is 80.6 Å². The van der Waals surface area contributed by atoms with E-state index in [9.17, 15) is 0 Å². The molecule has 0 atom stereocenters. The molecule has 0 aliphatic rings. The molecule has 0 bridgehead atoms. The summed E-state index contributed by atoms with van der Waals surface area (Å²) in [5, 5.41) is 10.0. The van der Waals surface area contributed by atoms with E-state index in [1.165, 1.54) is 0 Å². The summed E-state index contributed by atoms with van der Waals surface area (Å²) in [6.45, 7) is 8.66. The minimum absolute atomic E-state index is 0.701. The van der Waals surface area contributed by atoms with Crippen LogP contribution in [-0.2, 0) is 8.85 Å². The van der Waals surface area contributed by atoms with E-state index in [4.69, 9.17) is 14.6 Å². The van der Waals surface area contributed by atoms with Gasteiger partial charge in [0.15, 0.2) is 0 Å². The minimum atomic E-state index is -1.87. The highest BCUT2D eigenvalue weighted by Crippen LogP contribution is 2.12. The van der Waals surface area contributed by atoms with E-state index < -0.39 is 8.56 Å². The van der Waals surface area contributed by atoms with E-state index in [2.05, 4.69) is 22.5 Å². The zero-order chi connectivity index (χ0) is 14.4. The van der Waals surface area contributed by atoms with Crippen molar-refractivity contribution < 1.29 is 8.85 Å². The normalized spacial score (nSPS) is 12.0. The molecule has 0 saturated carbocycles. The van der Waals surface area contributed by atoms with Crippen molar-refractivity contribution in [1.29, 1.82) is 0 Å². The summed E-state index contributed by atoms with van der Waals surface area (Å²) in [6, 6.07) is 1.03. The summed E-state index contributed by atoms with van der Waals surface area (Å²) in [7, 11) is 1.62. The largest absolute Gasteiger partial charge is 0.398 e. The van der Waals surface area contributed by atoms with Crippen LogP contribution in [0.4, 0.5) is 0 Å². The Bertz CT molecular complexity index is 195.